The smallest absolute Gasteiger partial charge is 0.329 e. The maximum atomic E-state index is 13.6. The zero-order chi connectivity index (χ0) is 31.1. The Labute approximate surface area is 261 Å². The third-order valence-electron chi connectivity index (χ3n) is 7.65. The van der Waals surface area contributed by atoms with Crippen LogP contribution in [0.25, 0.3) is 0 Å². The molecule has 2 atom stereocenters. The van der Waals surface area contributed by atoms with E-state index in [0.717, 1.165) is 42.4 Å². The summed E-state index contributed by atoms with van der Waals surface area (Å²) in [6.07, 6.45) is 4.80. The first-order chi connectivity index (χ1) is 21.4. The number of esters is 1. The quantitative estimate of drug-likeness (QED) is 0.234. The number of nitrogens with one attached hydrogen (secondary N) is 2. The molecular weight excluding hydrogens is 554 g/mol. The molecule has 8 heteroatoms. The predicted molar refractivity (Wildman–Crippen MR) is 171 cm³/mol. The van der Waals surface area contributed by atoms with Crippen molar-refractivity contribution >= 4 is 17.9 Å². The molecule has 0 bridgehead atoms. The molecule has 8 nitrogen and oxygen atoms in total. The van der Waals surface area contributed by atoms with Crippen molar-refractivity contribution in [2.24, 2.45) is 5.92 Å². The predicted octanol–water partition coefficient (Wildman–Crippen LogP) is 6.04. The van der Waals surface area contributed by atoms with Crippen LogP contribution in [0.15, 0.2) is 84.9 Å². The van der Waals surface area contributed by atoms with Crippen molar-refractivity contribution in [1.29, 1.82) is 0 Å². The third kappa shape index (κ3) is 10.7. The Morgan fingerprint density at radius 3 is 1.89 bits per heavy atom. The van der Waals surface area contributed by atoms with E-state index >= 15 is 0 Å². The summed E-state index contributed by atoms with van der Waals surface area (Å²) in [5.74, 6) is -0.0692. The second-order valence-corrected chi connectivity index (χ2v) is 11.8. The maximum absolute atomic E-state index is 13.6. The van der Waals surface area contributed by atoms with Crippen LogP contribution in [0.2, 0.25) is 0 Å². The lowest BCUT2D eigenvalue weighted by Gasteiger charge is -2.27. The molecule has 0 aromatic heterocycles. The van der Waals surface area contributed by atoms with Gasteiger partial charge in [-0.25, -0.2) is 9.59 Å². The lowest BCUT2D eigenvalue weighted by atomic mass is 10.0. The fourth-order valence-electron chi connectivity index (χ4n) is 5.21. The summed E-state index contributed by atoms with van der Waals surface area (Å²) in [5, 5.41) is 5.86. The number of carbonyl (C=O) groups is 3. The Morgan fingerprint density at radius 2 is 1.30 bits per heavy atom. The minimum atomic E-state index is -0.938. The van der Waals surface area contributed by atoms with Crippen LogP contribution in [0.3, 0.4) is 0 Å². The number of benzene rings is 3. The molecule has 0 saturated carbocycles. The number of hydrogen-bond donors (Lipinski definition) is 2. The lowest BCUT2D eigenvalue weighted by molar-refractivity contribution is -0.149. The van der Waals surface area contributed by atoms with Crippen LogP contribution in [0.4, 0.5) is 4.79 Å². The number of urea groups is 1. The van der Waals surface area contributed by atoms with Crippen molar-refractivity contribution in [3.05, 3.63) is 102 Å². The maximum Gasteiger partial charge on any atom is 0.329 e. The summed E-state index contributed by atoms with van der Waals surface area (Å²) in [6, 6.07) is 24.9. The van der Waals surface area contributed by atoms with E-state index < -0.39 is 24.0 Å². The summed E-state index contributed by atoms with van der Waals surface area (Å²) in [7, 11) is 0. The van der Waals surface area contributed by atoms with E-state index in [0.29, 0.717) is 31.9 Å². The SMILES string of the molecule is CC(C)C[C@H](NC(=O)N1CCCCCC1)C(=O)N[C@@H](Cc1ccc(OCc2ccccc2)cc1)C(=O)OCc1ccccc1. The molecule has 3 aromatic carbocycles. The Bertz CT molecular complexity index is 1310. The second kappa shape index (κ2) is 17.1. The summed E-state index contributed by atoms with van der Waals surface area (Å²) >= 11 is 0. The van der Waals surface area contributed by atoms with Gasteiger partial charge in [0.05, 0.1) is 0 Å². The molecule has 1 aliphatic heterocycles. The minimum absolute atomic E-state index is 0.0967. The molecule has 3 aromatic rings. The van der Waals surface area contributed by atoms with Gasteiger partial charge in [0.1, 0.15) is 31.0 Å². The molecule has 0 unspecified atom stereocenters. The van der Waals surface area contributed by atoms with Crippen molar-refractivity contribution in [2.45, 2.75) is 77.7 Å². The van der Waals surface area contributed by atoms with E-state index in [1.54, 1.807) is 4.90 Å². The molecule has 0 spiro atoms. The minimum Gasteiger partial charge on any atom is -0.489 e. The number of nitrogens with zero attached hydrogens (tertiary/aromatic N) is 1. The Morgan fingerprint density at radius 1 is 0.705 bits per heavy atom. The number of carbonyl (C=O) groups excluding carboxylic acids is 3. The first kappa shape index (κ1) is 32.6. The highest BCUT2D eigenvalue weighted by molar-refractivity contribution is 5.90. The molecule has 44 heavy (non-hydrogen) atoms. The van der Waals surface area contributed by atoms with E-state index in [1.165, 1.54) is 0 Å². The highest BCUT2D eigenvalue weighted by atomic mass is 16.5. The highest BCUT2D eigenvalue weighted by Crippen LogP contribution is 2.17. The van der Waals surface area contributed by atoms with E-state index in [1.807, 2.05) is 98.8 Å². The Kier molecular flexibility index (Phi) is 12.7. The van der Waals surface area contributed by atoms with Crippen LogP contribution in [0.5, 0.6) is 5.75 Å². The monoisotopic (exact) mass is 599 g/mol. The number of hydrogen-bond acceptors (Lipinski definition) is 5. The van der Waals surface area contributed by atoms with E-state index in [4.69, 9.17) is 9.47 Å². The molecular formula is C36H45N3O5. The van der Waals surface area contributed by atoms with Gasteiger partial charge in [-0.15, -0.1) is 0 Å². The van der Waals surface area contributed by atoms with Gasteiger partial charge < -0.3 is 25.0 Å². The number of ether oxygens (including phenoxy) is 2. The molecule has 1 aliphatic rings. The molecule has 1 fully saturated rings. The number of amides is 3. The molecule has 1 saturated heterocycles. The summed E-state index contributed by atoms with van der Waals surface area (Å²) in [4.78, 5) is 41.9. The van der Waals surface area contributed by atoms with Gasteiger partial charge in [0.25, 0.3) is 0 Å². The topological polar surface area (TPSA) is 97.0 Å². The average Bonchev–Trinajstić information content (AvgIpc) is 3.33. The fourth-order valence-corrected chi connectivity index (χ4v) is 5.21. The summed E-state index contributed by atoms with van der Waals surface area (Å²) < 4.78 is 11.6. The van der Waals surface area contributed by atoms with Crippen LogP contribution < -0.4 is 15.4 Å². The zero-order valence-electron chi connectivity index (χ0n) is 25.9. The molecule has 4 rings (SSSR count). The van der Waals surface area contributed by atoms with Crippen molar-refractivity contribution in [3.8, 4) is 5.75 Å². The van der Waals surface area contributed by atoms with Crippen molar-refractivity contribution in [2.75, 3.05) is 13.1 Å². The first-order valence-corrected chi connectivity index (χ1v) is 15.7. The van der Waals surface area contributed by atoms with Gasteiger partial charge in [-0.1, -0.05) is 99.5 Å². The van der Waals surface area contributed by atoms with Crippen LogP contribution in [0.1, 0.15) is 62.6 Å². The molecule has 0 aliphatic carbocycles. The summed E-state index contributed by atoms with van der Waals surface area (Å²) in [5.41, 5.74) is 2.76. The first-order valence-electron chi connectivity index (χ1n) is 15.7. The van der Waals surface area contributed by atoms with Crippen LogP contribution in [-0.2, 0) is 34.0 Å². The number of likely N-dealkylation sites (tertiary alicyclic amines) is 1. The van der Waals surface area contributed by atoms with E-state index in [2.05, 4.69) is 10.6 Å². The second-order valence-electron chi connectivity index (χ2n) is 11.8. The van der Waals surface area contributed by atoms with Gasteiger partial charge in [0, 0.05) is 19.5 Å². The van der Waals surface area contributed by atoms with E-state index in [-0.39, 0.29) is 25.0 Å². The molecule has 234 valence electrons. The normalized spacial score (nSPS) is 14.7. The standard InChI is InChI=1S/C36H45N3O5/c1-27(2)23-32(38-36(42)39-21-11-3-4-12-22-39)34(40)37-33(35(41)44-26-30-15-9-6-10-16-30)24-28-17-19-31(20-18-28)43-25-29-13-7-5-8-14-29/h5-10,13-20,27,32-33H,3-4,11-12,21-26H2,1-2H3,(H,37,40)(H,38,42)/t32-,33-/m0/s1. The zero-order valence-corrected chi connectivity index (χ0v) is 25.9. The lowest BCUT2D eigenvalue weighted by Crippen LogP contribution is -2.55. The van der Waals surface area contributed by atoms with Crippen molar-refractivity contribution in [3.63, 3.8) is 0 Å². The molecule has 2 N–H and O–H groups in total. The third-order valence-corrected chi connectivity index (χ3v) is 7.65. The summed E-state index contributed by atoms with van der Waals surface area (Å²) in [6.45, 7) is 5.92. The largest absolute Gasteiger partial charge is 0.489 e. The number of rotatable bonds is 13. The Hall–Kier alpha value is -4.33. The highest BCUT2D eigenvalue weighted by Gasteiger charge is 2.30. The molecule has 0 radical (unpaired) electrons. The van der Waals surface area contributed by atoms with Gasteiger partial charge in [0.2, 0.25) is 5.91 Å². The van der Waals surface area contributed by atoms with Crippen molar-refractivity contribution in [1.82, 2.24) is 15.5 Å². The average molecular weight is 600 g/mol. The van der Waals surface area contributed by atoms with Gasteiger partial charge >= 0.3 is 12.0 Å². The van der Waals surface area contributed by atoms with Crippen LogP contribution in [-0.4, -0.2) is 48.0 Å². The van der Waals surface area contributed by atoms with Crippen LogP contribution in [0, 0.1) is 5.92 Å². The molecule has 3 amide bonds. The Balaban J connectivity index is 1.44. The van der Waals surface area contributed by atoms with Gasteiger partial charge in [-0.3, -0.25) is 4.79 Å². The fraction of sp³-hybridized carbons (Fsp3) is 0.417. The molecule has 1 heterocycles. The van der Waals surface area contributed by atoms with E-state index in [9.17, 15) is 14.4 Å². The van der Waals surface area contributed by atoms with Gasteiger partial charge in [-0.2, -0.15) is 0 Å². The van der Waals surface area contributed by atoms with Crippen LogP contribution >= 0.6 is 0 Å². The van der Waals surface area contributed by atoms with Gasteiger partial charge in [-0.05, 0) is 54.0 Å². The van der Waals surface area contributed by atoms with Crippen molar-refractivity contribution < 1.29 is 23.9 Å². The van der Waals surface area contributed by atoms with Gasteiger partial charge in [0.15, 0.2) is 0 Å².